The second-order valence-corrected chi connectivity index (χ2v) is 5.84. The molecule has 0 saturated carbocycles. The highest BCUT2D eigenvalue weighted by Gasteiger charge is 2.04. The van der Waals surface area contributed by atoms with Gasteiger partial charge in [0.25, 0.3) is 0 Å². The molecule has 0 atom stereocenters. The fourth-order valence-electron chi connectivity index (χ4n) is 1.82. The zero-order chi connectivity index (χ0) is 15.0. The summed E-state index contributed by atoms with van der Waals surface area (Å²) in [5.74, 6) is 1.41. The second-order valence-electron chi connectivity index (χ2n) is 5.84. The van der Waals surface area contributed by atoms with Gasteiger partial charge in [0.15, 0.2) is 0 Å². The first-order chi connectivity index (χ1) is 9.51. The number of aryl methyl sites for hydroxylation is 1. The Hall–Kier alpha value is -1.13. The van der Waals surface area contributed by atoms with E-state index in [0.717, 1.165) is 37.6 Å². The maximum atomic E-state index is 5.75. The minimum atomic E-state index is 0.665. The van der Waals surface area contributed by atoms with Gasteiger partial charge in [-0.2, -0.15) is 0 Å². The van der Waals surface area contributed by atoms with Crippen LogP contribution in [0.3, 0.4) is 0 Å². The van der Waals surface area contributed by atoms with Gasteiger partial charge < -0.3 is 15.0 Å². The van der Waals surface area contributed by atoms with Crippen molar-refractivity contribution in [3.05, 3.63) is 23.4 Å². The maximum Gasteiger partial charge on any atom is 0.213 e. The summed E-state index contributed by atoms with van der Waals surface area (Å²) in [5, 5.41) is 3.46. The van der Waals surface area contributed by atoms with Crippen LogP contribution in [0.1, 0.15) is 32.0 Å². The van der Waals surface area contributed by atoms with Crippen LogP contribution >= 0.6 is 0 Å². The van der Waals surface area contributed by atoms with Crippen LogP contribution in [0.15, 0.2) is 12.1 Å². The second kappa shape index (κ2) is 8.93. The predicted molar refractivity (Wildman–Crippen MR) is 84.2 cm³/mol. The van der Waals surface area contributed by atoms with Crippen LogP contribution in [0, 0.1) is 5.92 Å². The molecule has 114 valence electrons. The molecule has 0 spiro atoms. The Morgan fingerprint density at radius 1 is 1.30 bits per heavy atom. The van der Waals surface area contributed by atoms with E-state index >= 15 is 0 Å². The van der Waals surface area contributed by atoms with E-state index in [-0.39, 0.29) is 0 Å². The number of ether oxygens (including phenoxy) is 1. The predicted octanol–water partition coefficient (Wildman–Crippen LogP) is 2.33. The van der Waals surface area contributed by atoms with Gasteiger partial charge in [-0.3, -0.25) is 0 Å². The van der Waals surface area contributed by atoms with Gasteiger partial charge in [0.2, 0.25) is 5.88 Å². The molecule has 0 bridgehead atoms. The third-order valence-electron chi connectivity index (χ3n) is 2.95. The Morgan fingerprint density at radius 2 is 2.05 bits per heavy atom. The number of hydrogen-bond acceptors (Lipinski definition) is 4. The van der Waals surface area contributed by atoms with Crippen molar-refractivity contribution in [1.29, 1.82) is 0 Å². The summed E-state index contributed by atoms with van der Waals surface area (Å²) in [6.45, 7) is 10.0. The Kier molecular flexibility index (Phi) is 7.55. The van der Waals surface area contributed by atoms with E-state index < -0.39 is 0 Å². The van der Waals surface area contributed by atoms with E-state index in [1.807, 2.05) is 20.2 Å². The lowest BCUT2D eigenvalue weighted by molar-refractivity contribution is 0.253. The van der Waals surface area contributed by atoms with E-state index in [9.17, 15) is 0 Å². The standard InChI is InChI=1S/C16H29N3O/c1-6-15-9-14(12-17-11-13(2)3)10-16(18-15)20-8-7-19(4)5/h9-10,13,17H,6-8,11-12H2,1-5H3. The molecule has 4 heteroatoms. The molecular weight excluding hydrogens is 250 g/mol. The number of nitrogens with one attached hydrogen (secondary N) is 1. The molecule has 4 nitrogen and oxygen atoms in total. The fourth-order valence-corrected chi connectivity index (χ4v) is 1.82. The zero-order valence-corrected chi connectivity index (χ0v) is 13.6. The van der Waals surface area contributed by atoms with Gasteiger partial charge in [0.1, 0.15) is 6.61 Å². The Labute approximate surface area is 123 Å². The van der Waals surface area contributed by atoms with E-state index in [1.54, 1.807) is 0 Å². The maximum absolute atomic E-state index is 5.75. The van der Waals surface area contributed by atoms with Crippen molar-refractivity contribution >= 4 is 0 Å². The van der Waals surface area contributed by atoms with Crippen LogP contribution in [-0.2, 0) is 13.0 Å². The van der Waals surface area contributed by atoms with Crippen molar-refractivity contribution in [1.82, 2.24) is 15.2 Å². The average Bonchev–Trinajstić information content (AvgIpc) is 2.37. The van der Waals surface area contributed by atoms with Crippen molar-refractivity contribution in [2.24, 2.45) is 5.92 Å². The summed E-state index contributed by atoms with van der Waals surface area (Å²) in [4.78, 5) is 6.63. The SMILES string of the molecule is CCc1cc(CNCC(C)C)cc(OCCN(C)C)n1. The molecule has 0 amide bonds. The van der Waals surface area contributed by atoms with Gasteiger partial charge >= 0.3 is 0 Å². The van der Waals surface area contributed by atoms with Crippen LogP contribution in [0.4, 0.5) is 0 Å². The first-order valence-corrected chi connectivity index (χ1v) is 7.49. The molecule has 0 aliphatic heterocycles. The number of hydrogen-bond donors (Lipinski definition) is 1. The normalized spacial score (nSPS) is 11.3. The molecule has 1 aromatic rings. The lowest BCUT2D eigenvalue weighted by atomic mass is 10.2. The Balaban J connectivity index is 2.60. The monoisotopic (exact) mass is 279 g/mol. The van der Waals surface area contributed by atoms with Crippen LogP contribution in [0.2, 0.25) is 0 Å². The summed E-state index contributed by atoms with van der Waals surface area (Å²) >= 11 is 0. The highest BCUT2D eigenvalue weighted by Crippen LogP contribution is 2.13. The van der Waals surface area contributed by atoms with Gasteiger partial charge in [-0.1, -0.05) is 20.8 Å². The number of aromatic nitrogens is 1. The summed E-state index contributed by atoms with van der Waals surface area (Å²) in [7, 11) is 4.08. The lowest BCUT2D eigenvalue weighted by Gasteiger charge is -2.13. The number of rotatable bonds is 9. The van der Waals surface area contributed by atoms with Crippen LogP contribution in [-0.4, -0.2) is 43.7 Å². The molecule has 0 fully saturated rings. The molecule has 0 unspecified atom stereocenters. The minimum Gasteiger partial charge on any atom is -0.476 e. The van der Waals surface area contributed by atoms with Gasteiger partial charge in [0, 0.05) is 24.8 Å². The molecule has 1 rings (SSSR count). The first-order valence-electron chi connectivity index (χ1n) is 7.49. The average molecular weight is 279 g/mol. The molecule has 20 heavy (non-hydrogen) atoms. The number of pyridine rings is 1. The van der Waals surface area contributed by atoms with Crippen molar-refractivity contribution in [3.63, 3.8) is 0 Å². The van der Waals surface area contributed by atoms with E-state index in [1.165, 1.54) is 5.56 Å². The van der Waals surface area contributed by atoms with E-state index in [4.69, 9.17) is 4.74 Å². The summed E-state index contributed by atoms with van der Waals surface area (Å²) < 4.78 is 5.75. The van der Waals surface area contributed by atoms with Crippen molar-refractivity contribution in [2.45, 2.75) is 33.7 Å². The molecular formula is C16H29N3O. The smallest absolute Gasteiger partial charge is 0.213 e. The molecule has 1 heterocycles. The highest BCUT2D eigenvalue weighted by molar-refractivity contribution is 5.25. The van der Waals surface area contributed by atoms with Gasteiger partial charge in [-0.05, 0) is 44.6 Å². The molecule has 0 aromatic carbocycles. The molecule has 0 radical (unpaired) electrons. The van der Waals surface area contributed by atoms with Crippen molar-refractivity contribution in [2.75, 3.05) is 33.8 Å². The quantitative estimate of drug-likeness (QED) is 0.753. The number of likely N-dealkylation sites (N-methyl/N-ethyl adjacent to an activating group) is 1. The zero-order valence-electron chi connectivity index (χ0n) is 13.6. The summed E-state index contributed by atoms with van der Waals surface area (Å²) in [6.07, 6.45) is 0.933. The first kappa shape index (κ1) is 16.9. The van der Waals surface area contributed by atoms with E-state index in [0.29, 0.717) is 12.5 Å². The largest absolute Gasteiger partial charge is 0.476 e. The van der Waals surface area contributed by atoms with Crippen molar-refractivity contribution in [3.8, 4) is 5.88 Å². The lowest BCUT2D eigenvalue weighted by Crippen LogP contribution is -2.20. The van der Waals surface area contributed by atoms with Crippen molar-refractivity contribution < 1.29 is 4.74 Å². The highest BCUT2D eigenvalue weighted by atomic mass is 16.5. The molecule has 1 N–H and O–H groups in total. The summed E-state index contributed by atoms with van der Waals surface area (Å²) in [6, 6.07) is 4.20. The molecule has 0 saturated heterocycles. The van der Waals surface area contributed by atoms with E-state index in [2.05, 4.69) is 42.0 Å². The number of nitrogens with zero attached hydrogens (tertiary/aromatic N) is 2. The molecule has 0 aliphatic rings. The van der Waals surface area contributed by atoms with Crippen LogP contribution < -0.4 is 10.1 Å². The third-order valence-corrected chi connectivity index (χ3v) is 2.95. The van der Waals surface area contributed by atoms with Gasteiger partial charge in [-0.25, -0.2) is 4.98 Å². The van der Waals surface area contributed by atoms with Gasteiger partial charge in [0.05, 0.1) is 0 Å². The van der Waals surface area contributed by atoms with Gasteiger partial charge in [-0.15, -0.1) is 0 Å². The Bertz CT molecular complexity index is 359. The third kappa shape index (κ3) is 6.87. The molecule has 1 aromatic heterocycles. The van der Waals surface area contributed by atoms with Crippen LogP contribution in [0.25, 0.3) is 0 Å². The van der Waals surface area contributed by atoms with Crippen LogP contribution in [0.5, 0.6) is 5.88 Å². The minimum absolute atomic E-state index is 0.665. The molecule has 0 aliphatic carbocycles. The summed E-state index contributed by atoms with van der Waals surface area (Å²) in [5.41, 5.74) is 2.34. The topological polar surface area (TPSA) is 37.4 Å². The Morgan fingerprint density at radius 3 is 2.65 bits per heavy atom. The fraction of sp³-hybridized carbons (Fsp3) is 0.688.